The molecule has 0 bridgehead atoms. The minimum atomic E-state index is -1.06. The summed E-state index contributed by atoms with van der Waals surface area (Å²) in [7, 11) is 5.84. The lowest BCUT2D eigenvalue weighted by Crippen LogP contribution is -2.61. The first kappa shape index (κ1) is 41.3. The molecule has 0 aliphatic carbocycles. The van der Waals surface area contributed by atoms with Crippen LogP contribution in [0.4, 0.5) is 0 Å². The minimum absolute atomic E-state index is 0.00519. The van der Waals surface area contributed by atoms with Gasteiger partial charge in [0.1, 0.15) is 12.1 Å². The fraction of sp³-hybridized carbons (Fsp3) is 0.639. The van der Waals surface area contributed by atoms with Crippen molar-refractivity contribution in [2.45, 2.75) is 112 Å². The Kier molecular flexibility index (Phi) is 15.3. The average Bonchev–Trinajstić information content (AvgIpc) is 2.97. The van der Waals surface area contributed by atoms with E-state index in [4.69, 9.17) is 4.74 Å². The van der Waals surface area contributed by atoms with Crippen LogP contribution in [-0.2, 0) is 38.9 Å². The molecule has 4 atom stereocenters. The van der Waals surface area contributed by atoms with Gasteiger partial charge in [-0.1, -0.05) is 83.9 Å². The highest BCUT2D eigenvalue weighted by atomic mass is 16.5. The van der Waals surface area contributed by atoms with E-state index in [1.807, 2.05) is 62.3 Å². The van der Waals surface area contributed by atoms with Crippen LogP contribution in [0.25, 0.3) is 0 Å². The van der Waals surface area contributed by atoms with Gasteiger partial charge in [0.05, 0.1) is 26.3 Å². The highest BCUT2D eigenvalue weighted by Gasteiger charge is 2.42. The van der Waals surface area contributed by atoms with Gasteiger partial charge in [-0.25, -0.2) is 4.79 Å². The van der Waals surface area contributed by atoms with Gasteiger partial charge in [0.25, 0.3) is 0 Å². The van der Waals surface area contributed by atoms with Crippen molar-refractivity contribution in [3.05, 3.63) is 46.5 Å². The van der Waals surface area contributed by atoms with Crippen molar-refractivity contribution < 1.29 is 33.4 Å². The summed E-state index contributed by atoms with van der Waals surface area (Å²) in [5, 5.41) is 8.86. The molecule has 1 aromatic carbocycles. The lowest BCUT2D eigenvalue weighted by molar-refractivity contribution is -0.146. The third-order valence-corrected chi connectivity index (χ3v) is 8.55. The number of likely N-dealkylation sites (N-methyl/N-ethyl adjacent to an activating group) is 2. The first-order chi connectivity index (χ1) is 21.6. The van der Waals surface area contributed by atoms with Crippen molar-refractivity contribution in [1.82, 2.24) is 20.9 Å². The summed E-state index contributed by atoms with van der Waals surface area (Å²) in [5.74, 6) is -2.46. The maximum atomic E-state index is 14.2. The Morgan fingerprint density at radius 3 is 1.89 bits per heavy atom. The second kappa shape index (κ2) is 17.4. The van der Waals surface area contributed by atoms with Gasteiger partial charge in [-0.05, 0) is 51.1 Å². The number of esters is 2. The molecule has 3 N–H and O–H groups in total. The van der Waals surface area contributed by atoms with Crippen LogP contribution in [0.2, 0.25) is 0 Å². The van der Waals surface area contributed by atoms with Crippen molar-refractivity contribution >= 4 is 29.7 Å². The van der Waals surface area contributed by atoms with E-state index in [9.17, 15) is 24.0 Å². The Balaban J connectivity index is 3.33. The Hall–Kier alpha value is -3.73. The number of ether oxygens (including phenoxy) is 2. The molecule has 0 saturated carbocycles. The monoisotopic (exact) mass is 658 g/mol. The molecule has 3 amide bonds. The van der Waals surface area contributed by atoms with Gasteiger partial charge in [-0.2, -0.15) is 0 Å². The van der Waals surface area contributed by atoms with Gasteiger partial charge in [0.2, 0.25) is 17.7 Å². The number of nitrogens with zero attached hydrogens (tertiary/aromatic N) is 1. The third kappa shape index (κ3) is 11.5. The number of hydrogen-bond acceptors (Lipinski definition) is 8. The standard InChI is InChI=1S/C36H58N4O7/c1-21(2)27(20-24(5)31(42)38-26(34(45)47-14)15-16-28(41)46-13)40(12)33(44)30(35(6,7)8)39-32(43)29(37-11)36(9,10)25-18-22(3)17-23(4)19-25/h17-21,26-27,29-30,37H,15-16H2,1-14H3,(H,38,42)(H,39,43)/b24-20+/t26-,27-,29-,30-/m1/s1. The molecule has 0 saturated heterocycles. The third-order valence-electron chi connectivity index (χ3n) is 8.55. The molecule has 0 aliphatic heterocycles. The van der Waals surface area contributed by atoms with E-state index >= 15 is 0 Å². The second-order valence-corrected chi connectivity index (χ2v) is 14.3. The van der Waals surface area contributed by atoms with Crippen molar-refractivity contribution in [2.75, 3.05) is 28.3 Å². The lowest BCUT2D eigenvalue weighted by Gasteiger charge is -2.40. The summed E-state index contributed by atoms with van der Waals surface area (Å²) >= 11 is 0. The van der Waals surface area contributed by atoms with Gasteiger partial charge in [-0.3, -0.25) is 19.2 Å². The van der Waals surface area contributed by atoms with E-state index in [1.54, 1.807) is 32.0 Å². The predicted molar refractivity (Wildman–Crippen MR) is 184 cm³/mol. The summed E-state index contributed by atoms with van der Waals surface area (Å²) in [4.78, 5) is 66.8. The summed E-state index contributed by atoms with van der Waals surface area (Å²) in [6, 6.07) is 3.15. The summed E-state index contributed by atoms with van der Waals surface area (Å²) in [6.45, 7) is 19.2. The fourth-order valence-corrected chi connectivity index (χ4v) is 5.67. The predicted octanol–water partition coefficient (Wildman–Crippen LogP) is 3.74. The van der Waals surface area contributed by atoms with Gasteiger partial charge < -0.3 is 30.3 Å². The zero-order valence-electron chi connectivity index (χ0n) is 30.9. The largest absolute Gasteiger partial charge is 0.469 e. The number of carbonyl (C=O) groups is 5. The molecule has 1 aromatic rings. The topological polar surface area (TPSA) is 143 Å². The molecule has 0 heterocycles. The number of nitrogens with one attached hydrogen (secondary N) is 3. The van der Waals surface area contributed by atoms with E-state index < -0.39 is 52.8 Å². The number of amides is 3. The highest BCUT2D eigenvalue weighted by molar-refractivity contribution is 5.96. The van der Waals surface area contributed by atoms with Crippen LogP contribution < -0.4 is 16.0 Å². The summed E-state index contributed by atoms with van der Waals surface area (Å²) in [5.41, 5.74) is 2.25. The molecule has 47 heavy (non-hydrogen) atoms. The Labute approximate surface area is 281 Å². The molecular formula is C36H58N4O7. The van der Waals surface area contributed by atoms with Crippen LogP contribution in [0.5, 0.6) is 0 Å². The minimum Gasteiger partial charge on any atom is -0.469 e. The number of hydrogen-bond donors (Lipinski definition) is 3. The number of methoxy groups -OCH3 is 2. The molecule has 11 nitrogen and oxygen atoms in total. The Bertz CT molecular complexity index is 1290. The highest BCUT2D eigenvalue weighted by Crippen LogP contribution is 2.30. The normalized spacial score (nSPS) is 14.8. The molecule has 0 radical (unpaired) electrons. The zero-order chi connectivity index (χ0) is 36.4. The van der Waals surface area contributed by atoms with Crippen molar-refractivity contribution in [3.63, 3.8) is 0 Å². The second-order valence-electron chi connectivity index (χ2n) is 14.3. The van der Waals surface area contributed by atoms with Crippen LogP contribution in [0.1, 0.15) is 84.9 Å². The molecule has 0 fully saturated rings. The van der Waals surface area contributed by atoms with Crippen LogP contribution in [0.15, 0.2) is 29.8 Å². The van der Waals surface area contributed by atoms with Crippen LogP contribution in [0, 0.1) is 25.2 Å². The van der Waals surface area contributed by atoms with Crippen LogP contribution in [0.3, 0.4) is 0 Å². The smallest absolute Gasteiger partial charge is 0.328 e. The van der Waals surface area contributed by atoms with Gasteiger partial charge >= 0.3 is 11.9 Å². The maximum Gasteiger partial charge on any atom is 0.328 e. The molecule has 264 valence electrons. The van der Waals surface area contributed by atoms with Crippen molar-refractivity contribution in [1.29, 1.82) is 0 Å². The van der Waals surface area contributed by atoms with Crippen LogP contribution in [-0.4, -0.2) is 87.0 Å². The molecule has 11 heteroatoms. The Morgan fingerprint density at radius 1 is 0.894 bits per heavy atom. The number of aryl methyl sites for hydroxylation is 2. The van der Waals surface area contributed by atoms with E-state index in [1.165, 1.54) is 14.2 Å². The summed E-state index contributed by atoms with van der Waals surface area (Å²) in [6.07, 6.45) is 1.60. The van der Waals surface area contributed by atoms with Gasteiger partial charge in [-0.15, -0.1) is 0 Å². The molecule has 0 aliphatic rings. The SMILES string of the molecule is CN[C@H](C(=O)N[C@H](C(=O)N(C)[C@H](/C=C(\C)C(=O)N[C@H](CCC(=O)OC)C(=O)OC)C(C)C)C(C)(C)C)C(C)(C)c1cc(C)cc(C)c1. The zero-order valence-corrected chi connectivity index (χ0v) is 30.9. The van der Waals surface area contributed by atoms with Crippen LogP contribution >= 0.6 is 0 Å². The number of benzene rings is 1. The quantitative estimate of drug-likeness (QED) is 0.191. The van der Waals surface area contributed by atoms with Gasteiger partial charge in [0.15, 0.2) is 0 Å². The molecule has 0 spiro atoms. The van der Waals surface area contributed by atoms with Crippen molar-refractivity contribution in [3.8, 4) is 0 Å². The van der Waals surface area contributed by atoms with E-state index in [0.717, 1.165) is 16.7 Å². The van der Waals surface area contributed by atoms with Crippen molar-refractivity contribution in [2.24, 2.45) is 11.3 Å². The average molecular weight is 659 g/mol. The first-order valence-corrected chi connectivity index (χ1v) is 16.1. The molecule has 0 unspecified atom stereocenters. The summed E-state index contributed by atoms with van der Waals surface area (Å²) < 4.78 is 9.45. The van der Waals surface area contributed by atoms with E-state index in [2.05, 4.69) is 38.9 Å². The van der Waals surface area contributed by atoms with Gasteiger partial charge in [0, 0.05) is 24.5 Å². The number of carbonyl (C=O) groups excluding carboxylic acids is 5. The molecule has 0 aromatic heterocycles. The molecule has 1 rings (SSSR count). The molecular weight excluding hydrogens is 600 g/mol. The number of rotatable bonds is 15. The maximum absolute atomic E-state index is 14.2. The first-order valence-electron chi connectivity index (χ1n) is 16.1. The Morgan fingerprint density at radius 2 is 1.45 bits per heavy atom. The fourth-order valence-electron chi connectivity index (χ4n) is 5.67. The lowest BCUT2D eigenvalue weighted by atomic mass is 9.76. The van der Waals surface area contributed by atoms with E-state index in [-0.39, 0.29) is 36.1 Å². The van der Waals surface area contributed by atoms with E-state index in [0.29, 0.717) is 0 Å².